The molecule has 0 atom stereocenters. The van der Waals surface area contributed by atoms with Crippen LogP contribution in [0.15, 0.2) is 97.2 Å². The molecular weight excluding hydrogens is 545 g/mol. The second kappa shape index (κ2) is 11.9. The summed E-state index contributed by atoms with van der Waals surface area (Å²) in [5, 5.41) is 1.19. The number of para-hydroxylation sites is 1. The Hall–Kier alpha value is -4.00. The number of thiazole rings is 1. The fourth-order valence-corrected chi connectivity index (χ4v) is 7.07. The second-order valence-corrected chi connectivity index (χ2v) is 12.0. The topological polar surface area (TPSA) is 25.6 Å². The highest BCUT2D eigenvalue weighted by atomic mass is 32.2. The van der Waals surface area contributed by atoms with Gasteiger partial charge >= 0.3 is 0 Å². The highest BCUT2D eigenvalue weighted by Crippen LogP contribution is 2.40. The smallest absolute Gasteiger partial charge is 0.263 e. The van der Waals surface area contributed by atoms with E-state index < -0.39 is 0 Å². The number of thioether (sulfide) groups is 1. The van der Waals surface area contributed by atoms with Crippen molar-refractivity contribution in [1.29, 1.82) is 0 Å². The summed E-state index contributed by atoms with van der Waals surface area (Å²) in [4.78, 5) is 2.34. The number of anilines is 1. The lowest BCUT2D eigenvalue weighted by molar-refractivity contribution is -0.642. The Bertz CT molecular complexity index is 1750. The fourth-order valence-electron chi connectivity index (χ4n) is 5.40. The van der Waals surface area contributed by atoms with E-state index in [1.807, 2.05) is 30.0 Å². The van der Waals surface area contributed by atoms with Crippen LogP contribution in [0.2, 0.25) is 0 Å². The molecule has 4 aromatic carbocycles. The predicted octanol–water partition coefficient (Wildman–Crippen LogP) is 8.35. The SMILES string of the molecule is COc1cccc(OC)c1-c1ccc2c(c1)sc(C=C1C=CN(Cc3ccc(CSC)cc3)c3ccccc31)[n+]2C. The molecule has 1 aliphatic rings. The van der Waals surface area contributed by atoms with Crippen molar-refractivity contribution >= 4 is 50.7 Å². The Morgan fingerprint density at radius 2 is 1.61 bits per heavy atom. The zero-order chi connectivity index (χ0) is 28.3. The van der Waals surface area contributed by atoms with Gasteiger partial charge in [0.15, 0.2) is 0 Å². The van der Waals surface area contributed by atoms with E-state index in [-0.39, 0.29) is 0 Å². The third kappa shape index (κ3) is 5.37. The van der Waals surface area contributed by atoms with Crippen LogP contribution in [0.3, 0.4) is 0 Å². The molecule has 0 amide bonds. The van der Waals surface area contributed by atoms with Gasteiger partial charge in [0.25, 0.3) is 5.01 Å². The van der Waals surface area contributed by atoms with Crippen molar-refractivity contribution in [3.05, 3.63) is 119 Å². The lowest BCUT2D eigenvalue weighted by Crippen LogP contribution is -2.29. The molecule has 0 fully saturated rings. The van der Waals surface area contributed by atoms with E-state index in [0.29, 0.717) is 0 Å². The van der Waals surface area contributed by atoms with Crippen LogP contribution in [0.1, 0.15) is 21.7 Å². The van der Waals surface area contributed by atoms with E-state index in [0.717, 1.165) is 34.9 Å². The summed E-state index contributed by atoms with van der Waals surface area (Å²) in [6.45, 7) is 0.839. The zero-order valence-corrected chi connectivity index (χ0v) is 25.4. The van der Waals surface area contributed by atoms with Crippen molar-refractivity contribution in [1.82, 2.24) is 0 Å². The van der Waals surface area contributed by atoms with Crippen LogP contribution in [0, 0.1) is 0 Å². The van der Waals surface area contributed by atoms with E-state index in [9.17, 15) is 0 Å². The zero-order valence-electron chi connectivity index (χ0n) is 23.8. The lowest BCUT2D eigenvalue weighted by atomic mass is 9.99. The molecule has 0 bridgehead atoms. The van der Waals surface area contributed by atoms with Gasteiger partial charge < -0.3 is 14.4 Å². The molecule has 0 unspecified atom stereocenters. The van der Waals surface area contributed by atoms with Crippen molar-refractivity contribution in [3.8, 4) is 22.6 Å². The molecule has 0 saturated heterocycles. The number of fused-ring (bicyclic) bond motifs is 2. The summed E-state index contributed by atoms with van der Waals surface area (Å²) in [5.41, 5.74) is 9.59. The van der Waals surface area contributed by atoms with Crippen LogP contribution in [0.25, 0.3) is 33.0 Å². The van der Waals surface area contributed by atoms with Crippen LogP contribution in [0.4, 0.5) is 5.69 Å². The molecule has 206 valence electrons. The van der Waals surface area contributed by atoms with Crippen molar-refractivity contribution in [2.75, 3.05) is 25.4 Å². The first-order chi connectivity index (χ1) is 20.1. The van der Waals surface area contributed by atoms with Crippen molar-refractivity contribution < 1.29 is 14.0 Å². The van der Waals surface area contributed by atoms with E-state index in [1.54, 1.807) is 25.6 Å². The van der Waals surface area contributed by atoms with Gasteiger partial charge in [-0.1, -0.05) is 59.9 Å². The number of methoxy groups -OCH3 is 2. The fraction of sp³-hybridized carbons (Fsp3) is 0.171. The maximum atomic E-state index is 5.67. The van der Waals surface area contributed by atoms with E-state index in [4.69, 9.17) is 9.47 Å². The summed E-state index contributed by atoms with van der Waals surface area (Å²) in [7, 11) is 5.54. The van der Waals surface area contributed by atoms with Gasteiger partial charge in [0.05, 0.1) is 19.8 Å². The first-order valence-corrected chi connectivity index (χ1v) is 15.8. The molecule has 5 aromatic rings. The van der Waals surface area contributed by atoms with Gasteiger partial charge in [-0.05, 0) is 64.9 Å². The van der Waals surface area contributed by atoms with Gasteiger partial charge in [0.2, 0.25) is 5.52 Å². The van der Waals surface area contributed by atoms with Crippen LogP contribution >= 0.6 is 23.1 Å². The molecule has 0 N–H and O–H groups in total. The number of allylic oxidation sites excluding steroid dienone is 2. The van der Waals surface area contributed by atoms with Crippen LogP contribution in [-0.4, -0.2) is 20.5 Å². The summed E-state index contributed by atoms with van der Waals surface area (Å²) in [5.74, 6) is 2.65. The molecule has 0 radical (unpaired) electrons. The van der Waals surface area contributed by atoms with Gasteiger partial charge in [0.1, 0.15) is 23.2 Å². The third-order valence-electron chi connectivity index (χ3n) is 7.51. The second-order valence-electron chi connectivity index (χ2n) is 10.0. The number of hydrogen-bond donors (Lipinski definition) is 0. The number of benzene rings is 4. The van der Waals surface area contributed by atoms with Gasteiger partial charge in [-0.25, -0.2) is 0 Å². The Labute approximate surface area is 250 Å². The number of ether oxygens (including phenoxy) is 2. The summed E-state index contributed by atoms with van der Waals surface area (Å²) >= 11 is 3.65. The Kier molecular flexibility index (Phi) is 7.86. The predicted molar refractivity (Wildman–Crippen MR) is 175 cm³/mol. The Morgan fingerprint density at radius 3 is 2.34 bits per heavy atom. The number of aryl methyl sites for hydroxylation is 1. The molecule has 0 aliphatic carbocycles. The summed E-state index contributed by atoms with van der Waals surface area (Å²) in [6, 6.07) is 30.1. The minimum Gasteiger partial charge on any atom is -0.496 e. The summed E-state index contributed by atoms with van der Waals surface area (Å²) in [6.07, 6.45) is 8.89. The molecule has 0 spiro atoms. The maximum absolute atomic E-state index is 5.67. The molecular formula is C35H33N2O2S2+. The number of nitrogens with zero attached hydrogens (tertiary/aromatic N) is 2. The highest BCUT2D eigenvalue weighted by Gasteiger charge is 2.22. The molecule has 1 aliphatic heterocycles. The van der Waals surface area contributed by atoms with E-state index >= 15 is 0 Å². The average molecular weight is 578 g/mol. The van der Waals surface area contributed by atoms with Crippen LogP contribution in [0.5, 0.6) is 11.5 Å². The Balaban J connectivity index is 1.34. The first kappa shape index (κ1) is 27.2. The average Bonchev–Trinajstić information content (AvgIpc) is 3.32. The van der Waals surface area contributed by atoms with Gasteiger partial charge in [-0.2, -0.15) is 16.3 Å². The minimum atomic E-state index is 0.802. The van der Waals surface area contributed by atoms with Crippen molar-refractivity contribution in [2.24, 2.45) is 7.05 Å². The van der Waals surface area contributed by atoms with Crippen molar-refractivity contribution in [3.63, 3.8) is 0 Å². The molecule has 1 aromatic heterocycles. The Morgan fingerprint density at radius 1 is 0.878 bits per heavy atom. The molecule has 6 rings (SSSR count). The van der Waals surface area contributed by atoms with E-state index in [2.05, 4.69) is 108 Å². The molecule has 6 heteroatoms. The largest absolute Gasteiger partial charge is 0.496 e. The maximum Gasteiger partial charge on any atom is 0.263 e. The van der Waals surface area contributed by atoms with Gasteiger partial charge in [0, 0.05) is 41.9 Å². The van der Waals surface area contributed by atoms with E-state index in [1.165, 1.54) is 43.2 Å². The molecule has 0 saturated carbocycles. The molecule has 4 nitrogen and oxygen atoms in total. The third-order valence-corrected chi connectivity index (χ3v) is 9.28. The van der Waals surface area contributed by atoms with Crippen molar-refractivity contribution in [2.45, 2.75) is 12.3 Å². The standard InChI is InChI=1S/C35H33N2O2S2/c1-36-30-17-16-27(35-31(38-2)10-7-11-32(35)39-3)20-33(30)41-34(36)21-26-18-19-37(29-9-6-5-8-28(26)29)22-24-12-14-25(15-13-24)23-40-4/h5-21H,22-23H2,1-4H3/q+1. The molecule has 2 heterocycles. The number of hydrogen-bond acceptors (Lipinski definition) is 5. The normalized spacial score (nSPS) is 13.6. The quantitative estimate of drug-likeness (QED) is 0.173. The summed E-state index contributed by atoms with van der Waals surface area (Å²) < 4.78 is 14.8. The number of aromatic nitrogens is 1. The van der Waals surface area contributed by atoms with Crippen LogP contribution in [-0.2, 0) is 19.3 Å². The number of rotatable bonds is 8. The van der Waals surface area contributed by atoms with Gasteiger partial charge in [-0.15, -0.1) is 0 Å². The first-order valence-electron chi connectivity index (χ1n) is 13.6. The van der Waals surface area contributed by atoms with Gasteiger partial charge in [-0.3, -0.25) is 0 Å². The minimum absolute atomic E-state index is 0.802. The lowest BCUT2D eigenvalue weighted by Gasteiger charge is -2.27. The molecule has 41 heavy (non-hydrogen) atoms. The monoisotopic (exact) mass is 577 g/mol. The highest BCUT2D eigenvalue weighted by molar-refractivity contribution is 7.97. The van der Waals surface area contributed by atoms with Crippen LogP contribution < -0.4 is 18.9 Å².